The molecule has 0 atom stereocenters. The van der Waals surface area contributed by atoms with Crippen LogP contribution >= 0.6 is 11.3 Å². The highest BCUT2D eigenvalue weighted by atomic mass is 32.2. The van der Waals surface area contributed by atoms with Gasteiger partial charge in [-0.15, -0.1) is 11.3 Å². The summed E-state index contributed by atoms with van der Waals surface area (Å²) < 4.78 is 26.4. The third-order valence-corrected chi connectivity index (χ3v) is 7.27. The minimum absolute atomic E-state index is 0.0896. The Morgan fingerprint density at radius 2 is 1.69 bits per heavy atom. The van der Waals surface area contributed by atoms with E-state index in [0.29, 0.717) is 36.0 Å². The van der Waals surface area contributed by atoms with Gasteiger partial charge in [-0.25, -0.2) is 13.4 Å². The smallest absolute Gasteiger partial charge is 0.243 e. The Bertz CT molecular complexity index is 991. The van der Waals surface area contributed by atoms with Crippen LogP contribution in [0.15, 0.2) is 40.6 Å². The van der Waals surface area contributed by atoms with E-state index in [0.717, 1.165) is 0 Å². The van der Waals surface area contributed by atoms with Gasteiger partial charge in [-0.05, 0) is 43.3 Å². The van der Waals surface area contributed by atoms with Crippen LogP contribution in [-0.2, 0) is 14.8 Å². The number of ketones is 1. The average molecular weight is 436 g/mol. The van der Waals surface area contributed by atoms with Crippen LogP contribution in [0.3, 0.4) is 0 Å². The Kier molecular flexibility index (Phi) is 7.83. The summed E-state index contributed by atoms with van der Waals surface area (Å²) in [5.74, 6) is -0.349. The molecule has 2 rings (SSSR count). The largest absolute Gasteiger partial charge is 0.289 e. The van der Waals surface area contributed by atoms with Gasteiger partial charge in [0.2, 0.25) is 15.9 Å². The van der Waals surface area contributed by atoms with E-state index in [-0.39, 0.29) is 16.6 Å². The minimum Gasteiger partial charge on any atom is -0.289 e. The van der Waals surface area contributed by atoms with Gasteiger partial charge in [0.1, 0.15) is 0 Å². The Morgan fingerprint density at radius 3 is 2.21 bits per heavy atom. The fraction of sp³-hybridized carbons (Fsp3) is 0.350. The molecule has 7 nitrogen and oxygen atoms in total. The molecule has 0 aliphatic heterocycles. The predicted molar refractivity (Wildman–Crippen MR) is 116 cm³/mol. The number of carbonyl (C=O) groups excluding carboxylic acids is 2. The van der Waals surface area contributed by atoms with Gasteiger partial charge >= 0.3 is 0 Å². The maximum Gasteiger partial charge on any atom is 0.243 e. The summed E-state index contributed by atoms with van der Waals surface area (Å²) in [6.45, 7) is 8.20. The SMILES string of the molecule is CCN(C(C)=O)c1nc(/C=C/C(=O)c2ccc(S(=O)(=O)N(CC)CC)cc2)cs1. The molecule has 0 N–H and O–H groups in total. The van der Waals surface area contributed by atoms with Crippen molar-refractivity contribution in [1.29, 1.82) is 0 Å². The number of amides is 1. The van der Waals surface area contributed by atoms with Crippen LogP contribution in [0.4, 0.5) is 5.13 Å². The monoisotopic (exact) mass is 435 g/mol. The van der Waals surface area contributed by atoms with Crippen molar-refractivity contribution < 1.29 is 18.0 Å². The molecule has 0 saturated heterocycles. The molecule has 0 bridgehead atoms. The zero-order valence-corrected chi connectivity index (χ0v) is 18.6. The van der Waals surface area contributed by atoms with E-state index < -0.39 is 10.0 Å². The molecule has 1 amide bonds. The lowest BCUT2D eigenvalue weighted by atomic mass is 10.1. The molecule has 0 radical (unpaired) electrons. The number of anilines is 1. The van der Waals surface area contributed by atoms with Crippen LogP contribution in [0.5, 0.6) is 0 Å². The number of allylic oxidation sites excluding steroid dienone is 1. The van der Waals surface area contributed by atoms with Crippen LogP contribution in [-0.4, -0.2) is 49.0 Å². The molecule has 1 heterocycles. The molecule has 1 aromatic carbocycles. The first-order valence-corrected chi connectivity index (χ1v) is 11.6. The highest BCUT2D eigenvalue weighted by Gasteiger charge is 2.21. The van der Waals surface area contributed by atoms with E-state index in [1.807, 2.05) is 6.92 Å². The van der Waals surface area contributed by atoms with Gasteiger partial charge in [0.05, 0.1) is 10.6 Å². The summed E-state index contributed by atoms with van der Waals surface area (Å²) in [6, 6.07) is 5.90. The lowest BCUT2D eigenvalue weighted by Gasteiger charge is -2.18. The highest BCUT2D eigenvalue weighted by Crippen LogP contribution is 2.22. The van der Waals surface area contributed by atoms with E-state index in [1.54, 1.807) is 30.2 Å². The lowest BCUT2D eigenvalue weighted by molar-refractivity contribution is -0.116. The first kappa shape index (κ1) is 22.9. The molecule has 0 aliphatic carbocycles. The van der Waals surface area contributed by atoms with Crippen LogP contribution < -0.4 is 4.90 Å². The van der Waals surface area contributed by atoms with Crippen LogP contribution in [0.2, 0.25) is 0 Å². The number of carbonyl (C=O) groups is 2. The molecule has 9 heteroatoms. The van der Waals surface area contributed by atoms with E-state index >= 15 is 0 Å². The van der Waals surface area contributed by atoms with Gasteiger partial charge in [0.15, 0.2) is 10.9 Å². The number of aromatic nitrogens is 1. The summed E-state index contributed by atoms with van der Waals surface area (Å²) in [4.78, 5) is 30.1. The second-order valence-electron chi connectivity index (χ2n) is 6.13. The fourth-order valence-corrected chi connectivity index (χ4v) is 5.09. The van der Waals surface area contributed by atoms with E-state index in [1.165, 1.54) is 52.9 Å². The maximum absolute atomic E-state index is 12.5. The average Bonchev–Trinajstić information content (AvgIpc) is 3.15. The van der Waals surface area contributed by atoms with Crippen LogP contribution in [0.25, 0.3) is 6.08 Å². The van der Waals surface area contributed by atoms with Gasteiger partial charge in [-0.3, -0.25) is 14.5 Å². The molecule has 29 heavy (non-hydrogen) atoms. The summed E-state index contributed by atoms with van der Waals surface area (Å²) in [6.07, 6.45) is 2.97. The number of benzene rings is 1. The number of hydrogen-bond donors (Lipinski definition) is 0. The van der Waals surface area contributed by atoms with Gasteiger partial charge in [0, 0.05) is 37.5 Å². The zero-order valence-electron chi connectivity index (χ0n) is 17.0. The van der Waals surface area contributed by atoms with E-state index in [2.05, 4.69) is 4.98 Å². The topological polar surface area (TPSA) is 87.6 Å². The normalized spacial score (nSPS) is 11.9. The number of nitrogens with zero attached hydrogens (tertiary/aromatic N) is 3. The third kappa shape index (κ3) is 5.37. The van der Waals surface area contributed by atoms with E-state index in [9.17, 15) is 18.0 Å². The molecule has 2 aromatic rings. The lowest BCUT2D eigenvalue weighted by Crippen LogP contribution is -2.30. The number of hydrogen-bond acceptors (Lipinski definition) is 6. The molecule has 0 unspecified atom stereocenters. The summed E-state index contributed by atoms with van der Waals surface area (Å²) >= 11 is 1.33. The molecule has 0 saturated carbocycles. The molecular weight excluding hydrogens is 410 g/mol. The first-order valence-electron chi connectivity index (χ1n) is 9.30. The van der Waals surface area contributed by atoms with Crippen LogP contribution in [0.1, 0.15) is 43.7 Å². The predicted octanol–water partition coefficient (Wildman–Crippen LogP) is 3.44. The number of thiazole rings is 1. The first-order chi connectivity index (χ1) is 13.7. The van der Waals surface area contributed by atoms with Crippen molar-refractivity contribution in [3.8, 4) is 0 Å². The summed E-state index contributed by atoms with van der Waals surface area (Å²) in [5, 5.41) is 2.35. The van der Waals surface area contributed by atoms with Crippen molar-refractivity contribution in [2.45, 2.75) is 32.6 Å². The molecular formula is C20H25N3O4S2. The molecule has 0 fully saturated rings. The molecule has 0 spiro atoms. The minimum atomic E-state index is -3.55. The van der Waals surface area contributed by atoms with Gasteiger partial charge < -0.3 is 0 Å². The van der Waals surface area contributed by atoms with Crippen molar-refractivity contribution in [1.82, 2.24) is 9.29 Å². The molecule has 1 aromatic heterocycles. The summed E-state index contributed by atoms with van der Waals surface area (Å²) in [5.41, 5.74) is 0.966. The van der Waals surface area contributed by atoms with Crippen molar-refractivity contribution in [2.75, 3.05) is 24.5 Å². The Labute approximate surface area is 175 Å². The zero-order chi connectivity index (χ0) is 21.6. The summed E-state index contributed by atoms with van der Waals surface area (Å²) in [7, 11) is -3.55. The van der Waals surface area contributed by atoms with Crippen molar-refractivity contribution in [3.63, 3.8) is 0 Å². The second-order valence-corrected chi connectivity index (χ2v) is 8.90. The standard InChI is InChI=1S/C20H25N3O4S2/c1-5-22(6-2)29(26,27)18-11-8-16(9-12-18)19(25)13-10-17-14-28-20(21-17)23(7-3)15(4)24/h8-14H,5-7H2,1-4H3/b13-10+. The fourth-order valence-electron chi connectivity index (χ4n) is 2.73. The van der Waals surface area contributed by atoms with E-state index in [4.69, 9.17) is 0 Å². The van der Waals surface area contributed by atoms with Gasteiger partial charge in [0.25, 0.3) is 0 Å². The number of sulfonamides is 1. The van der Waals surface area contributed by atoms with Crippen molar-refractivity contribution in [2.24, 2.45) is 0 Å². The van der Waals surface area contributed by atoms with Crippen molar-refractivity contribution in [3.05, 3.63) is 47.0 Å². The molecule has 156 valence electrons. The third-order valence-electron chi connectivity index (χ3n) is 4.32. The molecule has 0 aliphatic rings. The van der Waals surface area contributed by atoms with Crippen molar-refractivity contribution >= 4 is 44.3 Å². The van der Waals surface area contributed by atoms with Gasteiger partial charge in [-0.2, -0.15) is 4.31 Å². The number of rotatable bonds is 9. The van der Waals surface area contributed by atoms with Crippen LogP contribution in [0, 0.1) is 0 Å². The Morgan fingerprint density at radius 1 is 1.07 bits per heavy atom. The maximum atomic E-state index is 12.5. The quantitative estimate of drug-likeness (QED) is 0.445. The Balaban J connectivity index is 2.14. The highest BCUT2D eigenvalue weighted by molar-refractivity contribution is 7.89. The second kappa shape index (κ2) is 9.91. The van der Waals surface area contributed by atoms with Gasteiger partial charge in [-0.1, -0.05) is 13.8 Å². The Hall–Kier alpha value is -2.36.